The third-order valence-corrected chi connectivity index (χ3v) is 6.91. The summed E-state index contributed by atoms with van der Waals surface area (Å²) in [6.45, 7) is 0. The van der Waals surface area contributed by atoms with Crippen LogP contribution in [0.25, 0.3) is 0 Å². The molecule has 0 saturated heterocycles. The molecule has 0 unspecified atom stereocenters. The van der Waals surface area contributed by atoms with E-state index in [1.807, 2.05) is 0 Å². The number of hydrogen-bond donors (Lipinski definition) is 2. The summed E-state index contributed by atoms with van der Waals surface area (Å²) in [7, 11) is -0.125. The number of ether oxygens (including phenoxy) is 1. The fraction of sp³-hybridized carbons (Fsp3) is 0.0769. The number of benzene rings is 2. The van der Waals surface area contributed by atoms with Gasteiger partial charge >= 0.3 is 136 Å². The molecule has 0 amide bonds. The van der Waals surface area contributed by atoms with Crippen molar-refractivity contribution in [2.75, 3.05) is 7.11 Å². The summed E-state index contributed by atoms with van der Waals surface area (Å²) in [4.78, 5) is 0. The van der Waals surface area contributed by atoms with Gasteiger partial charge in [0.05, 0.1) is 0 Å². The van der Waals surface area contributed by atoms with Crippen molar-refractivity contribution in [2.24, 2.45) is 0 Å². The third kappa shape index (κ3) is 3.52. The minimum absolute atomic E-state index is 0.239. The SMILES string of the molecule is COc1cc([I-]c2c(F)cccc2Br)ccc1B(O)O. The Balaban J connectivity index is 2.35. The van der Waals surface area contributed by atoms with Crippen LogP contribution < -0.4 is 31.4 Å². The zero-order valence-electron chi connectivity index (χ0n) is 10.5. The molecule has 106 valence electrons. The fourth-order valence-electron chi connectivity index (χ4n) is 1.63. The topological polar surface area (TPSA) is 49.7 Å². The molecule has 20 heavy (non-hydrogen) atoms. The Hall–Kier alpha value is -0.635. The van der Waals surface area contributed by atoms with Crippen molar-refractivity contribution < 1.29 is 40.4 Å². The van der Waals surface area contributed by atoms with Crippen LogP contribution in [0, 0.1) is 13.0 Å². The summed E-state index contributed by atoms with van der Waals surface area (Å²) < 4.78 is 21.3. The van der Waals surface area contributed by atoms with Gasteiger partial charge in [-0.25, -0.2) is 0 Å². The summed E-state index contributed by atoms with van der Waals surface area (Å²) >= 11 is 2.62. The van der Waals surface area contributed by atoms with Crippen molar-refractivity contribution >= 4 is 28.5 Å². The van der Waals surface area contributed by atoms with Gasteiger partial charge in [-0.3, -0.25) is 0 Å². The summed E-state index contributed by atoms with van der Waals surface area (Å²) in [5.41, 5.74) is 0.299. The molecule has 2 rings (SSSR count). The first-order valence-electron chi connectivity index (χ1n) is 5.66. The van der Waals surface area contributed by atoms with Gasteiger partial charge in [-0.05, 0) is 0 Å². The van der Waals surface area contributed by atoms with E-state index in [9.17, 15) is 14.4 Å². The van der Waals surface area contributed by atoms with Gasteiger partial charge in [0, 0.05) is 0 Å². The van der Waals surface area contributed by atoms with E-state index >= 15 is 0 Å². The summed E-state index contributed by atoms with van der Waals surface area (Å²) in [6.07, 6.45) is 0. The zero-order valence-corrected chi connectivity index (χ0v) is 14.2. The molecule has 0 bridgehead atoms. The molecular weight excluding hydrogens is 441 g/mol. The van der Waals surface area contributed by atoms with Crippen LogP contribution in [0.3, 0.4) is 0 Å². The third-order valence-electron chi connectivity index (χ3n) is 2.58. The summed E-state index contributed by atoms with van der Waals surface area (Å²) in [6, 6.07) is 9.97. The van der Waals surface area contributed by atoms with Crippen LogP contribution in [0.5, 0.6) is 5.75 Å². The molecule has 0 spiro atoms. The van der Waals surface area contributed by atoms with Gasteiger partial charge in [-0.2, -0.15) is 0 Å². The van der Waals surface area contributed by atoms with E-state index in [1.165, 1.54) is 13.2 Å². The Morgan fingerprint density at radius 2 is 2.00 bits per heavy atom. The Morgan fingerprint density at radius 3 is 2.60 bits per heavy atom. The molecule has 0 heterocycles. The first kappa shape index (κ1) is 15.7. The van der Waals surface area contributed by atoms with E-state index in [0.29, 0.717) is 14.8 Å². The molecule has 0 aliphatic rings. The predicted molar refractivity (Wildman–Crippen MR) is 74.3 cm³/mol. The maximum atomic E-state index is 13.8. The Morgan fingerprint density at radius 1 is 1.25 bits per heavy atom. The monoisotopic (exact) mass is 451 g/mol. The molecule has 0 radical (unpaired) electrons. The van der Waals surface area contributed by atoms with Crippen LogP contribution in [0.2, 0.25) is 0 Å². The quantitative estimate of drug-likeness (QED) is 0.335. The molecule has 0 aromatic heterocycles. The Labute approximate surface area is 135 Å². The van der Waals surface area contributed by atoms with Crippen molar-refractivity contribution in [3.8, 4) is 5.75 Å². The second-order valence-electron chi connectivity index (χ2n) is 3.89. The molecule has 0 fully saturated rings. The van der Waals surface area contributed by atoms with Gasteiger partial charge in [-0.1, -0.05) is 0 Å². The van der Waals surface area contributed by atoms with Crippen molar-refractivity contribution in [1.82, 2.24) is 0 Å². The van der Waals surface area contributed by atoms with E-state index < -0.39 is 28.3 Å². The van der Waals surface area contributed by atoms with Gasteiger partial charge in [0.25, 0.3) is 0 Å². The number of hydrogen-bond acceptors (Lipinski definition) is 3. The van der Waals surface area contributed by atoms with Gasteiger partial charge in [-0.15, -0.1) is 0 Å². The summed E-state index contributed by atoms with van der Waals surface area (Å²) in [5, 5.41) is 18.4. The molecule has 0 aliphatic carbocycles. The molecule has 2 aromatic rings. The van der Waals surface area contributed by atoms with Crippen molar-refractivity contribution in [2.45, 2.75) is 0 Å². The predicted octanol–water partition coefficient (Wildman–Crippen LogP) is -1.59. The molecule has 0 atom stereocenters. The molecule has 0 aliphatic heterocycles. The Bertz CT molecular complexity index is 604. The molecule has 2 N–H and O–H groups in total. The average molecular weight is 452 g/mol. The maximum absolute atomic E-state index is 13.8. The first-order chi connectivity index (χ1) is 9.52. The molecule has 0 saturated carbocycles. The molecule has 3 nitrogen and oxygen atoms in total. The van der Waals surface area contributed by atoms with E-state index in [0.717, 1.165) is 8.04 Å². The van der Waals surface area contributed by atoms with Crippen LogP contribution >= 0.6 is 15.9 Å². The van der Waals surface area contributed by atoms with Crippen LogP contribution in [0.1, 0.15) is 0 Å². The van der Waals surface area contributed by atoms with Gasteiger partial charge in [0.15, 0.2) is 0 Å². The minimum atomic E-state index is -1.59. The average Bonchev–Trinajstić information content (AvgIpc) is 2.42. The van der Waals surface area contributed by atoms with E-state index in [-0.39, 0.29) is 5.82 Å². The van der Waals surface area contributed by atoms with Gasteiger partial charge < -0.3 is 0 Å². The Kier molecular flexibility index (Phi) is 5.42. The molecule has 7 heteroatoms. The van der Waals surface area contributed by atoms with E-state index in [2.05, 4.69) is 15.9 Å². The number of rotatable bonds is 4. The van der Waals surface area contributed by atoms with E-state index in [1.54, 1.807) is 30.3 Å². The van der Waals surface area contributed by atoms with Crippen molar-refractivity contribution in [3.63, 3.8) is 0 Å². The second kappa shape index (κ2) is 6.88. The van der Waals surface area contributed by atoms with Crippen LogP contribution in [-0.4, -0.2) is 24.3 Å². The zero-order chi connectivity index (χ0) is 14.7. The first-order valence-corrected chi connectivity index (χ1v) is 8.61. The standard InChI is InChI=1S/C13H11BBrFIO3/c1-20-12-7-8(5-6-9(12)14(18)19)17-13-10(15)3-2-4-11(13)16/h2-7,18-19H,1H3/q-1. The van der Waals surface area contributed by atoms with Crippen LogP contribution in [0.15, 0.2) is 40.9 Å². The number of halogens is 3. The van der Waals surface area contributed by atoms with Crippen LogP contribution in [0.4, 0.5) is 4.39 Å². The van der Waals surface area contributed by atoms with Crippen LogP contribution in [-0.2, 0) is 0 Å². The molecular formula is C13H11BBrFIO3-. The fourth-order valence-corrected chi connectivity index (χ4v) is 4.77. The van der Waals surface area contributed by atoms with Gasteiger partial charge in [0.2, 0.25) is 0 Å². The normalized spacial score (nSPS) is 10.7. The van der Waals surface area contributed by atoms with E-state index in [4.69, 9.17) is 4.74 Å². The number of methoxy groups -OCH3 is 1. The second-order valence-corrected chi connectivity index (χ2v) is 7.61. The van der Waals surface area contributed by atoms with Crippen molar-refractivity contribution in [3.05, 3.63) is 53.8 Å². The molecule has 2 aromatic carbocycles. The summed E-state index contributed by atoms with van der Waals surface area (Å²) in [5.74, 6) is 0.155. The van der Waals surface area contributed by atoms with Crippen molar-refractivity contribution in [1.29, 1.82) is 0 Å². The van der Waals surface area contributed by atoms with Gasteiger partial charge in [0.1, 0.15) is 0 Å².